The molecule has 0 aromatic heterocycles. The lowest BCUT2D eigenvalue weighted by Crippen LogP contribution is -2.12. The first kappa shape index (κ1) is 22.6. The summed E-state index contributed by atoms with van der Waals surface area (Å²) in [5.74, 6) is -1.53. The monoisotopic (exact) mass is 402 g/mol. The molecule has 5 heteroatoms. The molecule has 29 heavy (non-hydrogen) atoms. The quantitative estimate of drug-likeness (QED) is 0.537. The number of allylic oxidation sites excluding steroid dienone is 2. The molecule has 0 saturated carbocycles. The second-order valence-corrected chi connectivity index (χ2v) is 7.26. The van der Waals surface area contributed by atoms with Crippen LogP contribution >= 0.6 is 0 Å². The highest BCUT2D eigenvalue weighted by Crippen LogP contribution is 2.47. The van der Waals surface area contributed by atoms with Crippen molar-refractivity contribution in [1.29, 1.82) is 0 Å². The van der Waals surface area contributed by atoms with E-state index in [-0.39, 0.29) is 16.5 Å². The fraction of sp³-hybridized carbons (Fsp3) is 0.375. The largest absolute Gasteiger partial charge is 0.497 e. The molecule has 156 valence electrons. The molecule has 0 bridgehead atoms. The van der Waals surface area contributed by atoms with Crippen LogP contribution in [-0.2, 0) is 4.74 Å². The van der Waals surface area contributed by atoms with E-state index >= 15 is 0 Å². The van der Waals surface area contributed by atoms with Crippen molar-refractivity contribution in [2.75, 3.05) is 14.2 Å². The summed E-state index contributed by atoms with van der Waals surface area (Å²) in [7, 11) is 2.69. The van der Waals surface area contributed by atoms with Crippen molar-refractivity contribution in [3.63, 3.8) is 0 Å². The third-order valence-corrected chi connectivity index (χ3v) is 5.11. The molecule has 0 heterocycles. The molecule has 3 nitrogen and oxygen atoms in total. The highest BCUT2D eigenvalue weighted by molar-refractivity contribution is 5.94. The Hall–Kier alpha value is -2.69. The zero-order valence-electron chi connectivity index (χ0n) is 17.9. The number of rotatable bonds is 4. The van der Waals surface area contributed by atoms with Gasteiger partial charge in [-0.25, -0.2) is 13.6 Å². The molecule has 0 N–H and O–H groups in total. The van der Waals surface area contributed by atoms with E-state index in [0.29, 0.717) is 16.9 Å². The van der Waals surface area contributed by atoms with Gasteiger partial charge in [0.25, 0.3) is 0 Å². The Labute approximate surface area is 171 Å². The third kappa shape index (κ3) is 4.50. The van der Waals surface area contributed by atoms with E-state index in [2.05, 4.69) is 19.9 Å². The maximum absolute atomic E-state index is 14.7. The summed E-state index contributed by atoms with van der Waals surface area (Å²) in [4.78, 5) is 12.0. The normalized spacial score (nSPS) is 14.6. The Bertz CT molecular complexity index is 930. The summed E-state index contributed by atoms with van der Waals surface area (Å²) in [6.45, 7) is 8.16. The molecule has 0 saturated heterocycles. The average molecular weight is 402 g/mol. The smallest absolute Gasteiger partial charge is 0.340 e. The van der Waals surface area contributed by atoms with E-state index in [1.165, 1.54) is 44.6 Å². The van der Waals surface area contributed by atoms with E-state index in [4.69, 9.17) is 9.47 Å². The standard InChI is InChI=1S/C22H22F2O3.C2H6/c1-22(2)9-5-6-18(22)15-11-17(21(25)27-4)20(24)12-14(15)16-10-13(26-3)7-8-19(16)23;1-2/h6-8,10-12H,5,9H2,1-4H3;1-2H3. The molecule has 0 spiro atoms. The molecule has 0 atom stereocenters. The molecular weight excluding hydrogens is 374 g/mol. The second-order valence-electron chi connectivity index (χ2n) is 7.26. The van der Waals surface area contributed by atoms with Gasteiger partial charge in [-0.15, -0.1) is 0 Å². The van der Waals surface area contributed by atoms with Crippen molar-refractivity contribution in [3.05, 3.63) is 59.2 Å². The van der Waals surface area contributed by atoms with Gasteiger partial charge in [-0.2, -0.15) is 0 Å². The molecule has 1 aliphatic carbocycles. The van der Waals surface area contributed by atoms with Crippen molar-refractivity contribution in [2.45, 2.75) is 40.5 Å². The van der Waals surface area contributed by atoms with Gasteiger partial charge in [-0.1, -0.05) is 33.8 Å². The van der Waals surface area contributed by atoms with Crippen LogP contribution in [0.5, 0.6) is 5.75 Å². The topological polar surface area (TPSA) is 35.5 Å². The third-order valence-electron chi connectivity index (χ3n) is 5.11. The molecule has 1 aliphatic rings. The number of methoxy groups -OCH3 is 2. The number of hydrogen-bond acceptors (Lipinski definition) is 3. The van der Waals surface area contributed by atoms with Crippen molar-refractivity contribution in [1.82, 2.24) is 0 Å². The first-order valence-electron chi connectivity index (χ1n) is 9.75. The van der Waals surface area contributed by atoms with Gasteiger partial charge in [0.1, 0.15) is 17.4 Å². The lowest BCUT2D eigenvalue weighted by Gasteiger charge is -2.25. The van der Waals surface area contributed by atoms with E-state index in [1.807, 2.05) is 13.8 Å². The SMILES string of the molecule is CC.COC(=O)c1cc(C2=CCCC2(C)C)c(-c2cc(OC)ccc2F)cc1F. The van der Waals surface area contributed by atoms with Crippen molar-refractivity contribution in [3.8, 4) is 16.9 Å². The number of benzene rings is 2. The molecule has 0 amide bonds. The average Bonchev–Trinajstić information content (AvgIpc) is 3.08. The molecule has 0 aliphatic heterocycles. The summed E-state index contributed by atoms with van der Waals surface area (Å²) in [5, 5.41) is 0. The fourth-order valence-corrected chi connectivity index (χ4v) is 3.59. The maximum atomic E-state index is 14.7. The first-order chi connectivity index (χ1) is 13.8. The lowest BCUT2D eigenvalue weighted by molar-refractivity contribution is 0.0595. The molecule has 0 radical (unpaired) electrons. The van der Waals surface area contributed by atoms with Gasteiger partial charge in [0.2, 0.25) is 0 Å². The van der Waals surface area contributed by atoms with Gasteiger partial charge in [-0.05, 0) is 65.3 Å². The molecule has 2 aromatic rings. The zero-order chi connectivity index (χ0) is 21.8. The van der Waals surface area contributed by atoms with E-state index in [0.717, 1.165) is 18.4 Å². The lowest BCUT2D eigenvalue weighted by atomic mass is 9.79. The van der Waals surface area contributed by atoms with Crippen molar-refractivity contribution < 1.29 is 23.0 Å². The summed E-state index contributed by atoms with van der Waals surface area (Å²) < 4.78 is 39.2. The molecule has 0 fully saturated rings. The van der Waals surface area contributed by atoms with Crippen LogP contribution in [0.25, 0.3) is 16.7 Å². The van der Waals surface area contributed by atoms with Crippen LogP contribution in [0.2, 0.25) is 0 Å². The number of carbonyl (C=O) groups is 1. The van der Waals surface area contributed by atoms with E-state index < -0.39 is 17.6 Å². The molecule has 2 aromatic carbocycles. The summed E-state index contributed by atoms with van der Waals surface area (Å²) >= 11 is 0. The first-order valence-corrected chi connectivity index (χ1v) is 9.75. The van der Waals surface area contributed by atoms with Gasteiger partial charge >= 0.3 is 5.97 Å². The van der Waals surface area contributed by atoms with Crippen molar-refractivity contribution >= 4 is 11.5 Å². The van der Waals surface area contributed by atoms with Crippen LogP contribution in [0.3, 0.4) is 0 Å². The Balaban J connectivity index is 0.00000145. The second kappa shape index (κ2) is 9.21. The Kier molecular flexibility index (Phi) is 7.17. The summed E-state index contributed by atoms with van der Waals surface area (Å²) in [6, 6.07) is 7.01. The Morgan fingerprint density at radius 2 is 1.66 bits per heavy atom. The van der Waals surface area contributed by atoms with E-state index in [9.17, 15) is 13.6 Å². The summed E-state index contributed by atoms with van der Waals surface area (Å²) in [6.07, 6.45) is 3.86. The number of hydrogen-bond donors (Lipinski definition) is 0. The van der Waals surface area contributed by atoms with Gasteiger partial charge in [0.05, 0.1) is 19.8 Å². The summed E-state index contributed by atoms with van der Waals surface area (Å²) in [5.41, 5.74) is 1.87. The number of esters is 1. The Morgan fingerprint density at radius 3 is 2.21 bits per heavy atom. The van der Waals surface area contributed by atoms with Crippen LogP contribution in [0.4, 0.5) is 8.78 Å². The Morgan fingerprint density at radius 1 is 0.966 bits per heavy atom. The van der Waals surface area contributed by atoms with Crippen molar-refractivity contribution in [2.24, 2.45) is 5.41 Å². The van der Waals surface area contributed by atoms with Crippen LogP contribution in [0.1, 0.15) is 56.5 Å². The molecule has 3 rings (SSSR count). The van der Waals surface area contributed by atoms with E-state index in [1.54, 1.807) is 0 Å². The van der Waals surface area contributed by atoms with Crippen LogP contribution in [0, 0.1) is 17.0 Å². The highest BCUT2D eigenvalue weighted by Gasteiger charge is 2.31. The molecular formula is C24H28F2O3. The van der Waals surface area contributed by atoms with Crippen LogP contribution in [0.15, 0.2) is 36.4 Å². The van der Waals surface area contributed by atoms with Gasteiger partial charge in [0, 0.05) is 5.56 Å². The minimum Gasteiger partial charge on any atom is -0.497 e. The van der Waals surface area contributed by atoms with Crippen LogP contribution < -0.4 is 4.74 Å². The zero-order valence-corrected chi connectivity index (χ0v) is 17.9. The minimum atomic E-state index is -0.761. The predicted octanol–water partition coefficient (Wildman–Crippen LogP) is 6.66. The highest BCUT2D eigenvalue weighted by atomic mass is 19.1. The predicted molar refractivity (Wildman–Crippen MR) is 112 cm³/mol. The number of carbonyl (C=O) groups excluding carboxylic acids is 1. The van der Waals surface area contributed by atoms with Gasteiger partial charge < -0.3 is 9.47 Å². The fourth-order valence-electron chi connectivity index (χ4n) is 3.59. The number of halogens is 2. The van der Waals surface area contributed by atoms with Gasteiger partial charge in [0.15, 0.2) is 0 Å². The van der Waals surface area contributed by atoms with Gasteiger partial charge in [-0.3, -0.25) is 0 Å². The molecule has 0 unspecified atom stereocenters. The minimum absolute atomic E-state index is 0.164. The maximum Gasteiger partial charge on any atom is 0.340 e. The van der Waals surface area contributed by atoms with Crippen LogP contribution in [-0.4, -0.2) is 20.2 Å². The number of ether oxygens (including phenoxy) is 2.